The average molecular weight is 372 g/mol. The van der Waals surface area contributed by atoms with Crippen LogP contribution in [0.25, 0.3) is 0 Å². The van der Waals surface area contributed by atoms with Crippen LogP contribution in [0.4, 0.5) is 11.6 Å². The number of rotatable bonds is 5. The van der Waals surface area contributed by atoms with Crippen molar-refractivity contribution in [2.75, 3.05) is 10.6 Å². The Labute approximate surface area is 157 Å². The molecule has 3 aromatic rings. The summed E-state index contributed by atoms with van der Waals surface area (Å²) in [5.74, 6) is 0.440. The van der Waals surface area contributed by atoms with Crippen LogP contribution in [0.2, 0.25) is 5.02 Å². The largest absolute Gasteiger partial charge is 0.332 e. The van der Waals surface area contributed by atoms with Gasteiger partial charge in [-0.2, -0.15) is 0 Å². The molecule has 0 atom stereocenters. The van der Waals surface area contributed by atoms with E-state index in [2.05, 4.69) is 39.8 Å². The summed E-state index contributed by atoms with van der Waals surface area (Å²) < 4.78 is 1.71. The van der Waals surface area contributed by atoms with E-state index in [4.69, 9.17) is 23.8 Å². The van der Waals surface area contributed by atoms with E-state index >= 15 is 0 Å². The predicted octanol–water partition coefficient (Wildman–Crippen LogP) is 4.35. The van der Waals surface area contributed by atoms with Gasteiger partial charge in [0.15, 0.2) is 5.11 Å². The summed E-state index contributed by atoms with van der Waals surface area (Å²) in [6.07, 6.45) is 2.65. The van der Waals surface area contributed by atoms with Crippen LogP contribution in [0, 0.1) is 0 Å². The highest BCUT2D eigenvalue weighted by Gasteiger charge is 2.06. The molecule has 1 heterocycles. The predicted molar refractivity (Wildman–Crippen MR) is 106 cm³/mol. The number of thiocarbonyl (C=S) groups is 1. The van der Waals surface area contributed by atoms with Crippen molar-refractivity contribution in [3.8, 4) is 0 Å². The highest BCUT2D eigenvalue weighted by molar-refractivity contribution is 7.80. The van der Waals surface area contributed by atoms with Crippen LogP contribution in [0.5, 0.6) is 0 Å². The molecule has 0 unspecified atom stereocenters. The molecule has 0 aliphatic rings. The molecule has 0 radical (unpaired) electrons. The summed E-state index contributed by atoms with van der Waals surface area (Å²) in [4.78, 5) is 4.22. The monoisotopic (exact) mass is 371 g/mol. The summed E-state index contributed by atoms with van der Waals surface area (Å²) in [5, 5.41) is 11.6. The molecule has 3 rings (SSSR count). The van der Waals surface area contributed by atoms with Crippen LogP contribution < -0.4 is 10.6 Å². The van der Waals surface area contributed by atoms with Crippen molar-refractivity contribution in [3.63, 3.8) is 0 Å². The van der Waals surface area contributed by atoms with E-state index in [9.17, 15) is 0 Å². The minimum Gasteiger partial charge on any atom is -0.332 e. The lowest BCUT2D eigenvalue weighted by Crippen LogP contribution is -2.20. The number of aromatic nitrogens is 3. The molecule has 0 amide bonds. The van der Waals surface area contributed by atoms with Crippen LogP contribution in [-0.2, 0) is 13.0 Å². The zero-order valence-electron chi connectivity index (χ0n) is 13.7. The zero-order valence-corrected chi connectivity index (χ0v) is 15.3. The van der Waals surface area contributed by atoms with Crippen molar-refractivity contribution in [2.45, 2.75) is 19.9 Å². The van der Waals surface area contributed by atoms with Crippen LogP contribution in [0.15, 0.2) is 54.9 Å². The Morgan fingerprint density at radius 3 is 2.60 bits per heavy atom. The number of anilines is 2. The lowest BCUT2D eigenvalue weighted by Gasteiger charge is -2.08. The SMILES string of the molecule is CCc1ccc(NC(=S)Nc2ncn(Cc3ccccc3Cl)n2)cc1. The standard InChI is InChI=1S/C18H18ClN5S/c1-2-13-7-9-15(10-8-13)21-18(25)22-17-20-12-24(23-17)11-14-5-3-4-6-16(14)19/h3-10,12H,2,11H2,1H3,(H2,21,22,23,25). The zero-order chi connectivity index (χ0) is 17.6. The van der Waals surface area contributed by atoms with E-state index in [1.807, 2.05) is 36.4 Å². The molecule has 0 spiro atoms. The van der Waals surface area contributed by atoms with Crippen LogP contribution >= 0.6 is 23.8 Å². The van der Waals surface area contributed by atoms with E-state index in [1.165, 1.54) is 5.56 Å². The summed E-state index contributed by atoms with van der Waals surface area (Å²) in [5.41, 5.74) is 3.19. The van der Waals surface area contributed by atoms with Gasteiger partial charge in [0.1, 0.15) is 6.33 Å². The fourth-order valence-corrected chi connectivity index (χ4v) is 2.72. The summed E-state index contributed by atoms with van der Waals surface area (Å²) in [7, 11) is 0. The van der Waals surface area contributed by atoms with Gasteiger partial charge in [0.25, 0.3) is 0 Å². The first-order valence-corrected chi connectivity index (χ1v) is 8.72. The second-order valence-corrected chi connectivity index (χ2v) is 6.30. The Morgan fingerprint density at radius 2 is 1.88 bits per heavy atom. The third-order valence-corrected chi connectivity index (χ3v) is 4.24. The quantitative estimate of drug-likeness (QED) is 0.653. The first-order chi connectivity index (χ1) is 12.1. The van der Waals surface area contributed by atoms with E-state index in [0.29, 0.717) is 22.6 Å². The van der Waals surface area contributed by atoms with Crippen LogP contribution in [0.1, 0.15) is 18.1 Å². The van der Waals surface area contributed by atoms with Crippen molar-refractivity contribution in [2.24, 2.45) is 0 Å². The number of hydrogen-bond acceptors (Lipinski definition) is 3. The molecule has 0 saturated carbocycles. The molecule has 7 heteroatoms. The van der Waals surface area contributed by atoms with Crippen molar-refractivity contribution >= 4 is 40.6 Å². The maximum atomic E-state index is 6.17. The first kappa shape index (κ1) is 17.4. The Balaban J connectivity index is 1.58. The number of nitrogens with one attached hydrogen (secondary N) is 2. The third-order valence-electron chi connectivity index (χ3n) is 3.67. The summed E-state index contributed by atoms with van der Waals surface area (Å²) >= 11 is 11.5. The number of hydrogen-bond donors (Lipinski definition) is 2. The molecule has 2 aromatic carbocycles. The molecule has 5 nitrogen and oxygen atoms in total. The smallest absolute Gasteiger partial charge is 0.248 e. The van der Waals surface area contributed by atoms with Gasteiger partial charge >= 0.3 is 0 Å². The van der Waals surface area contributed by atoms with Crippen molar-refractivity contribution in [1.29, 1.82) is 0 Å². The van der Waals surface area contributed by atoms with Crippen LogP contribution in [-0.4, -0.2) is 19.9 Å². The molecule has 0 aliphatic heterocycles. The Bertz CT molecular complexity index is 860. The summed E-state index contributed by atoms with van der Waals surface area (Å²) in [6.45, 7) is 2.67. The van der Waals surface area contributed by atoms with Gasteiger partial charge in [-0.25, -0.2) is 9.67 Å². The Hall–Kier alpha value is -2.44. The van der Waals surface area contributed by atoms with Crippen LogP contribution in [0.3, 0.4) is 0 Å². The number of halogens is 1. The van der Waals surface area contributed by atoms with E-state index in [0.717, 1.165) is 17.7 Å². The fraction of sp³-hybridized carbons (Fsp3) is 0.167. The second-order valence-electron chi connectivity index (χ2n) is 5.49. The molecule has 0 saturated heterocycles. The molecule has 25 heavy (non-hydrogen) atoms. The number of aryl methyl sites for hydroxylation is 1. The molecular formula is C18H18ClN5S. The van der Waals surface area contributed by atoms with Gasteiger partial charge in [0.2, 0.25) is 5.95 Å². The van der Waals surface area contributed by atoms with Gasteiger partial charge in [-0.1, -0.05) is 48.9 Å². The highest BCUT2D eigenvalue weighted by atomic mass is 35.5. The first-order valence-electron chi connectivity index (χ1n) is 7.94. The van der Waals surface area contributed by atoms with Gasteiger partial charge in [0, 0.05) is 10.7 Å². The van der Waals surface area contributed by atoms with Crippen molar-refractivity contribution < 1.29 is 0 Å². The van der Waals surface area contributed by atoms with Gasteiger partial charge < -0.3 is 5.32 Å². The lowest BCUT2D eigenvalue weighted by molar-refractivity contribution is 0.687. The third kappa shape index (κ3) is 4.78. The minimum absolute atomic E-state index is 0.440. The lowest BCUT2D eigenvalue weighted by atomic mass is 10.1. The van der Waals surface area contributed by atoms with Gasteiger partial charge in [0.05, 0.1) is 6.54 Å². The molecule has 128 valence electrons. The van der Waals surface area contributed by atoms with E-state index < -0.39 is 0 Å². The molecule has 0 aliphatic carbocycles. The topological polar surface area (TPSA) is 54.8 Å². The molecule has 0 bridgehead atoms. The normalized spacial score (nSPS) is 10.5. The Kier molecular flexibility index (Phi) is 5.63. The van der Waals surface area contributed by atoms with Gasteiger partial charge in [-0.05, 0) is 48.0 Å². The summed E-state index contributed by atoms with van der Waals surface area (Å²) in [6, 6.07) is 15.8. The maximum Gasteiger partial charge on any atom is 0.248 e. The van der Waals surface area contributed by atoms with Gasteiger partial charge in [-0.3, -0.25) is 5.32 Å². The fourth-order valence-electron chi connectivity index (χ4n) is 2.32. The minimum atomic E-state index is 0.440. The highest BCUT2D eigenvalue weighted by Crippen LogP contribution is 2.16. The second kappa shape index (κ2) is 8.09. The molecular weight excluding hydrogens is 354 g/mol. The van der Waals surface area contributed by atoms with Crippen molar-refractivity contribution in [1.82, 2.24) is 14.8 Å². The number of nitrogens with zero attached hydrogens (tertiary/aromatic N) is 3. The van der Waals surface area contributed by atoms with E-state index in [-0.39, 0.29) is 0 Å². The maximum absolute atomic E-state index is 6.17. The van der Waals surface area contributed by atoms with E-state index in [1.54, 1.807) is 11.0 Å². The average Bonchev–Trinajstić information content (AvgIpc) is 3.04. The van der Waals surface area contributed by atoms with Crippen molar-refractivity contribution in [3.05, 3.63) is 71.0 Å². The number of benzene rings is 2. The molecule has 2 N–H and O–H groups in total. The molecule has 1 aromatic heterocycles. The van der Waals surface area contributed by atoms with Gasteiger partial charge in [-0.15, -0.1) is 5.10 Å². The molecule has 0 fully saturated rings. The Morgan fingerprint density at radius 1 is 1.12 bits per heavy atom.